The summed E-state index contributed by atoms with van der Waals surface area (Å²) in [4.78, 5) is 11.7. The summed E-state index contributed by atoms with van der Waals surface area (Å²) in [7, 11) is 0. The quantitative estimate of drug-likeness (QED) is 0.632. The summed E-state index contributed by atoms with van der Waals surface area (Å²) in [6, 6.07) is 10.3. The molecule has 0 amide bonds. The van der Waals surface area contributed by atoms with Crippen LogP contribution < -0.4 is 5.32 Å². The highest BCUT2D eigenvalue weighted by Gasteiger charge is 2.17. The Morgan fingerprint density at radius 3 is 2.89 bits per heavy atom. The number of ether oxygens (including phenoxy) is 1. The number of carbonyl (C=O) groups is 1. The van der Waals surface area contributed by atoms with Crippen LogP contribution >= 0.6 is 0 Å². The Morgan fingerprint density at radius 2 is 2.16 bits per heavy atom. The van der Waals surface area contributed by atoms with Gasteiger partial charge >= 0.3 is 5.97 Å². The molecule has 0 aliphatic carbocycles. The Hall–Kier alpha value is -1.35. The van der Waals surface area contributed by atoms with Gasteiger partial charge in [0.2, 0.25) is 0 Å². The second-order valence-electron chi connectivity index (χ2n) is 5.23. The van der Waals surface area contributed by atoms with Crippen molar-refractivity contribution in [1.29, 1.82) is 0 Å². The number of aryl methyl sites for hydroxylation is 1. The monoisotopic (exact) mass is 261 g/mol. The van der Waals surface area contributed by atoms with Gasteiger partial charge in [-0.2, -0.15) is 0 Å². The van der Waals surface area contributed by atoms with Gasteiger partial charge in [-0.15, -0.1) is 0 Å². The van der Waals surface area contributed by atoms with Gasteiger partial charge in [0, 0.05) is 6.42 Å². The van der Waals surface area contributed by atoms with Crippen molar-refractivity contribution < 1.29 is 9.53 Å². The summed E-state index contributed by atoms with van der Waals surface area (Å²) < 4.78 is 5.30. The van der Waals surface area contributed by atoms with Gasteiger partial charge in [0.25, 0.3) is 0 Å². The van der Waals surface area contributed by atoms with Crippen molar-refractivity contribution in [3.05, 3.63) is 35.9 Å². The summed E-state index contributed by atoms with van der Waals surface area (Å²) in [5.41, 5.74) is 1.30. The molecule has 1 heterocycles. The Balaban J connectivity index is 1.56. The van der Waals surface area contributed by atoms with Crippen molar-refractivity contribution in [3.8, 4) is 0 Å². The molecule has 19 heavy (non-hydrogen) atoms. The van der Waals surface area contributed by atoms with E-state index >= 15 is 0 Å². The average molecular weight is 261 g/mol. The van der Waals surface area contributed by atoms with E-state index in [9.17, 15) is 4.79 Å². The molecule has 1 atom stereocenters. The molecule has 104 valence electrons. The zero-order chi connectivity index (χ0) is 13.3. The smallest absolute Gasteiger partial charge is 0.306 e. The molecule has 1 aromatic carbocycles. The number of piperidine rings is 1. The van der Waals surface area contributed by atoms with Crippen LogP contribution in [0.2, 0.25) is 0 Å². The lowest BCUT2D eigenvalue weighted by molar-refractivity contribution is -0.145. The molecule has 0 spiro atoms. The lowest BCUT2D eigenvalue weighted by Crippen LogP contribution is -2.31. The molecule has 1 unspecified atom stereocenters. The second kappa shape index (κ2) is 7.95. The van der Waals surface area contributed by atoms with E-state index in [2.05, 4.69) is 17.4 Å². The molecule has 0 radical (unpaired) electrons. The molecule has 1 aromatic rings. The molecule has 1 aliphatic rings. The first kappa shape index (κ1) is 14.1. The van der Waals surface area contributed by atoms with E-state index in [1.807, 2.05) is 18.2 Å². The van der Waals surface area contributed by atoms with Gasteiger partial charge in [-0.1, -0.05) is 30.3 Å². The van der Waals surface area contributed by atoms with E-state index in [-0.39, 0.29) is 5.97 Å². The number of rotatable bonds is 6. The number of benzene rings is 1. The highest BCUT2D eigenvalue weighted by molar-refractivity contribution is 5.69. The van der Waals surface area contributed by atoms with Crippen molar-refractivity contribution in [3.63, 3.8) is 0 Å². The van der Waals surface area contributed by atoms with Gasteiger partial charge in [-0.25, -0.2) is 0 Å². The van der Waals surface area contributed by atoms with Crippen molar-refractivity contribution >= 4 is 5.97 Å². The number of nitrogens with one attached hydrogen (secondary N) is 1. The van der Waals surface area contributed by atoms with Crippen molar-refractivity contribution in [2.45, 2.75) is 32.1 Å². The van der Waals surface area contributed by atoms with Crippen LogP contribution in [-0.4, -0.2) is 25.7 Å². The third-order valence-corrected chi connectivity index (χ3v) is 3.57. The Kier molecular flexibility index (Phi) is 5.89. The first-order valence-electron chi connectivity index (χ1n) is 7.25. The molecule has 0 aromatic heterocycles. The van der Waals surface area contributed by atoms with Gasteiger partial charge < -0.3 is 10.1 Å². The molecular weight excluding hydrogens is 238 g/mol. The van der Waals surface area contributed by atoms with E-state index in [0.717, 1.165) is 32.4 Å². The summed E-state index contributed by atoms with van der Waals surface area (Å²) in [5, 5.41) is 3.32. The SMILES string of the molecule is O=C(CC1CCCNC1)OCCCc1ccccc1. The van der Waals surface area contributed by atoms with Gasteiger partial charge in [0.05, 0.1) is 6.61 Å². The molecule has 1 N–H and O–H groups in total. The minimum atomic E-state index is -0.0400. The summed E-state index contributed by atoms with van der Waals surface area (Å²) >= 11 is 0. The fourth-order valence-corrected chi connectivity index (χ4v) is 2.50. The molecule has 0 bridgehead atoms. The topological polar surface area (TPSA) is 38.3 Å². The molecule has 1 fully saturated rings. The molecule has 3 heteroatoms. The zero-order valence-electron chi connectivity index (χ0n) is 11.4. The number of hydrogen-bond acceptors (Lipinski definition) is 3. The maximum atomic E-state index is 11.7. The lowest BCUT2D eigenvalue weighted by Gasteiger charge is -2.21. The molecule has 1 saturated heterocycles. The highest BCUT2D eigenvalue weighted by atomic mass is 16.5. The Labute approximate surface area is 115 Å². The fraction of sp³-hybridized carbons (Fsp3) is 0.562. The van der Waals surface area contributed by atoms with E-state index in [0.29, 0.717) is 18.9 Å². The second-order valence-corrected chi connectivity index (χ2v) is 5.23. The Morgan fingerprint density at radius 1 is 1.32 bits per heavy atom. The standard InChI is InChI=1S/C16H23NO2/c18-16(12-15-8-4-10-17-13-15)19-11-5-9-14-6-2-1-3-7-14/h1-3,6-7,15,17H,4-5,8-13H2. The van der Waals surface area contributed by atoms with Crippen molar-refractivity contribution in [2.75, 3.05) is 19.7 Å². The summed E-state index contributed by atoms with van der Waals surface area (Å²) in [6.45, 7) is 2.58. The lowest BCUT2D eigenvalue weighted by atomic mass is 9.96. The van der Waals surface area contributed by atoms with Crippen LogP contribution in [0.15, 0.2) is 30.3 Å². The van der Waals surface area contributed by atoms with E-state index in [1.165, 1.54) is 12.0 Å². The minimum Gasteiger partial charge on any atom is -0.466 e. The summed E-state index contributed by atoms with van der Waals surface area (Å²) in [6.07, 6.45) is 4.76. The number of carbonyl (C=O) groups excluding carboxylic acids is 1. The van der Waals surface area contributed by atoms with E-state index in [4.69, 9.17) is 4.74 Å². The van der Waals surface area contributed by atoms with Crippen molar-refractivity contribution in [1.82, 2.24) is 5.32 Å². The van der Waals surface area contributed by atoms with Crippen LogP contribution in [0, 0.1) is 5.92 Å². The zero-order valence-corrected chi connectivity index (χ0v) is 11.4. The van der Waals surface area contributed by atoms with Crippen molar-refractivity contribution in [2.24, 2.45) is 5.92 Å². The minimum absolute atomic E-state index is 0.0400. The molecule has 0 saturated carbocycles. The third kappa shape index (κ3) is 5.43. The maximum absolute atomic E-state index is 11.7. The largest absolute Gasteiger partial charge is 0.466 e. The van der Waals surface area contributed by atoms with Crippen LogP contribution in [0.5, 0.6) is 0 Å². The van der Waals surface area contributed by atoms with E-state index < -0.39 is 0 Å². The molecule has 3 nitrogen and oxygen atoms in total. The average Bonchev–Trinajstić information content (AvgIpc) is 2.46. The predicted molar refractivity (Wildman–Crippen MR) is 75.9 cm³/mol. The van der Waals surface area contributed by atoms with Crippen LogP contribution in [0.1, 0.15) is 31.2 Å². The van der Waals surface area contributed by atoms with Crippen LogP contribution in [-0.2, 0) is 16.0 Å². The van der Waals surface area contributed by atoms with Gasteiger partial charge in [0.1, 0.15) is 0 Å². The summed E-state index contributed by atoms with van der Waals surface area (Å²) in [5.74, 6) is 0.428. The van der Waals surface area contributed by atoms with Gasteiger partial charge in [-0.05, 0) is 50.3 Å². The molecule has 2 rings (SSSR count). The predicted octanol–water partition coefficient (Wildman–Crippen LogP) is 2.55. The van der Waals surface area contributed by atoms with Gasteiger partial charge in [0.15, 0.2) is 0 Å². The third-order valence-electron chi connectivity index (χ3n) is 3.57. The Bertz CT molecular complexity index is 372. The van der Waals surface area contributed by atoms with Gasteiger partial charge in [-0.3, -0.25) is 4.79 Å². The normalized spacial score (nSPS) is 19.1. The van der Waals surface area contributed by atoms with E-state index in [1.54, 1.807) is 0 Å². The number of esters is 1. The molecular formula is C16H23NO2. The van der Waals surface area contributed by atoms with Crippen LogP contribution in [0.4, 0.5) is 0 Å². The first-order chi connectivity index (χ1) is 9.34. The van der Waals surface area contributed by atoms with Crippen LogP contribution in [0.3, 0.4) is 0 Å². The van der Waals surface area contributed by atoms with Crippen LogP contribution in [0.25, 0.3) is 0 Å². The first-order valence-corrected chi connectivity index (χ1v) is 7.25. The molecule has 1 aliphatic heterocycles. The fourth-order valence-electron chi connectivity index (χ4n) is 2.50. The highest BCUT2D eigenvalue weighted by Crippen LogP contribution is 2.14. The maximum Gasteiger partial charge on any atom is 0.306 e. The number of hydrogen-bond donors (Lipinski definition) is 1.